The van der Waals surface area contributed by atoms with Crippen molar-refractivity contribution in [2.24, 2.45) is 0 Å². The molecule has 0 spiro atoms. The molecule has 2 nitrogen and oxygen atoms in total. The van der Waals surface area contributed by atoms with E-state index in [0.717, 1.165) is 17.5 Å². The van der Waals surface area contributed by atoms with E-state index in [1.807, 2.05) is 6.92 Å². The van der Waals surface area contributed by atoms with Crippen molar-refractivity contribution >= 4 is 22.6 Å². The standard InChI is InChI=1S/C13H19IO2/c1-11-5-3-6-13(9-11)10-16-12(2)15-8-4-7-14/h3,5-6,9,12H,4,7-8,10H2,1-2H3. The first kappa shape index (κ1) is 13.9. The third kappa shape index (κ3) is 5.82. The fraction of sp³-hybridized carbons (Fsp3) is 0.538. The van der Waals surface area contributed by atoms with Crippen molar-refractivity contribution in [3.05, 3.63) is 35.4 Å². The number of aryl methyl sites for hydroxylation is 1. The molecule has 0 aliphatic heterocycles. The summed E-state index contributed by atoms with van der Waals surface area (Å²) in [5, 5.41) is 0. The van der Waals surface area contributed by atoms with Gasteiger partial charge in [0.05, 0.1) is 13.2 Å². The van der Waals surface area contributed by atoms with E-state index in [1.54, 1.807) is 0 Å². The highest BCUT2D eigenvalue weighted by atomic mass is 127. The number of halogens is 1. The second-order valence-electron chi connectivity index (χ2n) is 3.78. The minimum absolute atomic E-state index is 0.122. The zero-order valence-corrected chi connectivity index (χ0v) is 12.1. The van der Waals surface area contributed by atoms with Gasteiger partial charge in [-0.05, 0) is 25.8 Å². The van der Waals surface area contributed by atoms with Crippen molar-refractivity contribution in [3.8, 4) is 0 Å². The molecule has 0 aliphatic rings. The molecule has 1 aromatic carbocycles. The average molecular weight is 334 g/mol. The number of rotatable bonds is 7. The molecule has 0 N–H and O–H groups in total. The molecule has 16 heavy (non-hydrogen) atoms. The van der Waals surface area contributed by atoms with E-state index in [1.165, 1.54) is 11.1 Å². The lowest BCUT2D eigenvalue weighted by molar-refractivity contribution is -0.137. The van der Waals surface area contributed by atoms with Crippen LogP contribution in [0.25, 0.3) is 0 Å². The Morgan fingerprint density at radius 1 is 1.31 bits per heavy atom. The Balaban J connectivity index is 2.23. The van der Waals surface area contributed by atoms with E-state index >= 15 is 0 Å². The normalized spacial score (nSPS) is 12.7. The summed E-state index contributed by atoms with van der Waals surface area (Å²) in [5.74, 6) is 0. The first-order valence-corrected chi connectivity index (χ1v) is 7.09. The summed E-state index contributed by atoms with van der Waals surface area (Å²) >= 11 is 2.35. The third-order valence-corrected chi connectivity index (χ3v) is 2.96. The molecule has 1 rings (SSSR count). The molecular weight excluding hydrogens is 315 g/mol. The largest absolute Gasteiger partial charge is 0.353 e. The Morgan fingerprint density at radius 2 is 2.12 bits per heavy atom. The van der Waals surface area contributed by atoms with Gasteiger partial charge in [0.25, 0.3) is 0 Å². The summed E-state index contributed by atoms with van der Waals surface area (Å²) in [5.41, 5.74) is 2.46. The van der Waals surface area contributed by atoms with Crippen molar-refractivity contribution in [1.29, 1.82) is 0 Å². The first-order valence-electron chi connectivity index (χ1n) is 5.57. The maximum Gasteiger partial charge on any atom is 0.155 e. The number of ether oxygens (including phenoxy) is 2. The van der Waals surface area contributed by atoms with Gasteiger partial charge in [-0.3, -0.25) is 0 Å². The summed E-state index contributed by atoms with van der Waals surface area (Å²) in [6, 6.07) is 8.35. The molecule has 0 aliphatic carbocycles. The van der Waals surface area contributed by atoms with E-state index < -0.39 is 0 Å². The molecule has 1 atom stereocenters. The van der Waals surface area contributed by atoms with Crippen LogP contribution in [0.4, 0.5) is 0 Å². The predicted molar refractivity (Wildman–Crippen MR) is 74.9 cm³/mol. The van der Waals surface area contributed by atoms with Crippen molar-refractivity contribution in [2.75, 3.05) is 11.0 Å². The van der Waals surface area contributed by atoms with Gasteiger partial charge in [0.1, 0.15) is 0 Å². The lowest BCUT2D eigenvalue weighted by Gasteiger charge is -2.13. The molecule has 1 aromatic rings. The summed E-state index contributed by atoms with van der Waals surface area (Å²) in [4.78, 5) is 0. The highest BCUT2D eigenvalue weighted by Gasteiger charge is 2.02. The molecule has 0 amide bonds. The van der Waals surface area contributed by atoms with Crippen molar-refractivity contribution < 1.29 is 9.47 Å². The quantitative estimate of drug-likeness (QED) is 0.328. The Labute approximate surface area is 111 Å². The fourth-order valence-electron chi connectivity index (χ4n) is 1.37. The monoisotopic (exact) mass is 334 g/mol. The highest BCUT2D eigenvalue weighted by molar-refractivity contribution is 14.1. The Bertz CT molecular complexity index is 302. The Morgan fingerprint density at radius 3 is 2.81 bits per heavy atom. The van der Waals surface area contributed by atoms with E-state index in [-0.39, 0.29) is 6.29 Å². The summed E-state index contributed by atoms with van der Waals surface area (Å²) in [6.45, 7) is 5.43. The van der Waals surface area contributed by atoms with E-state index in [4.69, 9.17) is 9.47 Å². The molecule has 1 unspecified atom stereocenters. The summed E-state index contributed by atoms with van der Waals surface area (Å²) in [7, 11) is 0. The van der Waals surface area contributed by atoms with E-state index in [9.17, 15) is 0 Å². The summed E-state index contributed by atoms with van der Waals surface area (Å²) < 4.78 is 12.2. The average Bonchev–Trinajstić information content (AvgIpc) is 2.27. The number of benzene rings is 1. The molecule has 0 bridgehead atoms. The lowest BCUT2D eigenvalue weighted by Crippen LogP contribution is -2.13. The maximum atomic E-state index is 5.60. The minimum Gasteiger partial charge on any atom is -0.353 e. The molecule has 0 heterocycles. The lowest BCUT2D eigenvalue weighted by atomic mass is 10.1. The molecule has 90 valence electrons. The number of alkyl halides is 1. The third-order valence-electron chi connectivity index (χ3n) is 2.20. The van der Waals surface area contributed by atoms with Gasteiger partial charge < -0.3 is 9.47 Å². The smallest absolute Gasteiger partial charge is 0.155 e. The van der Waals surface area contributed by atoms with Crippen molar-refractivity contribution in [3.63, 3.8) is 0 Å². The van der Waals surface area contributed by atoms with Gasteiger partial charge in [0.2, 0.25) is 0 Å². The van der Waals surface area contributed by atoms with Crippen LogP contribution in [0.1, 0.15) is 24.5 Å². The van der Waals surface area contributed by atoms with Crippen LogP contribution in [0, 0.1) is 6.92 Å². The second-order valence-corrected chi connectivity index (χ2v) is 4.86. The SMILES string of the molecule is Cc1cccc(COC(C)OCCCI)c1. The number of hydrogen-bond donors (Lipinski definition) is 0. The number of hydrogen-bond acceptors (Lipinski definition) is 2. The molecule has 0 saturated heterocycles. The first-order chi connectivity index (χ1) is 7.72. The second kappa shape index (κ2) is 8.03. The Kier molecular flexibility index (Phi) is 7.00. The van der Waals surface area contributed by atoms with Crippen LogP contribution in [0.2, 0.25) is 0 Å². The van der Waals surface area contributed by atoms with Crippen LogP contribution in [0.3, 0.4) is 0 Å². The molecule has 0 aromatic heterocycles. The van der Waals surface area contributed by atoms with Crippen molar-refractivity contribution in [1.82, 2.24) is 0 Å². The predicted octanol–water partition coefficient (Wildman–Crippen LogP) is 3.70. The van der Waals surface area contributed by atoms with E-state index in [2.05, 4.69) is 53.8 Å². The van der Waals surface area contributed by atoms with Gasteiger partial charge >= 0.3 is 0 Å². The molecule has 3 heteroatoms. The zero-order valence-electron chi connectivity index (χ0n) is 9.91. The minimum atomic E-state index is -0.122. The fourth-order valence-corrected chi connectivity index (χ4v) is 1.68. The van der Waals surface area contributed by atoms with Crippen LogP contribution < -0.4 is 0 Å². The van der Waals surface area contributed by atoms with Crippen LogP contribution >= 0.6 is 22.6 Å². The summed E-state index contributed by atoms with van der Waals surface area (Å²) in [6.07, 6.45) is 0.960. The van der Waals surface area contributed by atoms with Gasteiger partial charge in [0, 0.05) is 4.43 Å². The van der Waals surface area contributed by atoms with Crippen LogP contribution in [-0.4, -0.2) is 17.3 Å². The molecular formula is C13H19IO2. The molecule has 0 saturated carbocycles. The Hall–Kier alpha value is -0.130. The van der Waals surface area contributed by atoms with Crippen LogP contribution in [-0.2, 0) is 16.1 Å². The van der Waals surface area contributed by atoms with Crippen LogP contribution in [0.5, 0.6) is 0 Å². The van der Waals surface area contributed by atoms with Gasteiger partial charge in [0.15, 0.2) is 6.29 Å². The van der Waals surface area contributed by atoms with Crippen molar-refractivity contribution in [2.45, 2.75) is 33.2 Å². The van der Waals surface area contributed by atoms with Crippen LogP contribution in [0.15, 0.2) is 24.3 Å². The maximum absolute atomic E-state index is 5.60. The van der Waals surface area contributed by atoms with Gasteiger partial charge in [-0.1, -0.05) is 52.4 Å². The van der Waals surface area contributed by atoms with Gasteiger partial charge in [-0.15, -0.1) is 0 Å². The van der Waals surface area contributed by atoms with Gasteiger partial charge in [-0.2, -0.15) is 0 Å². The van der Waals surface area contributed by atoms with E-state index in [0.29, 0.717) is 6.61 Å². The molecule has 0 fully saturated rings. The molecule has 0 radical (unpaired) electrons. The highest BCUT2D eigenvalue weighted by Crippen LogP contribution is 2.07. The van der Waals surface area contributed by atoms with Gasteiger partial charge in [-0.25, -0.2) is 0 Å². The topological polar surface area (TPSA) is 18.5 Å². The zero-order chi connectivity index (χ0) is 11.8.